The van der Waals surface area contributed by atoms with Gasteiger partial charge in [-0.2, -0.15) is 0 Å². The Morgan fingerprint density at radius 1 is 0.700 bits per heavy atom. The lowest BCUT2D eigenvalue weighted by Gasteiger charge is -2.36. The number of carboxylic acids is 1. The highest BCUT2D eigenvalue weighted by molar-refractivity contribution is 5.66. The molecule has 2 unspecified atom stereocenters. The van der Waals surface area contributed by atoms with Gasteiger partial charge in [-0.05, 0) is 12.8 Å². The van der Waals surface area contributed by atoms with Gasteiger partial charge in [0.15, 0.2) is 0 Å². The number of nitrogens with zero attached hydrogens (tertiary/aromatic N) is 1. The summed E-state index contributed by atoms with van der Waals surface area (Å²) in [6.45, 7) is 7.04. The Kier molecular flexibility index (Phi) is 19.9. The molecule has 0 aliphatic heterocycles. The first kappa shape index (κ1) is 29.4. The van der Waals surface area contributed by atoms with Crippen LogP contribution in [0.2, 0.25) is 0 Å². The minimum atomic E-state index is -0.721. The smallest absolute Gasteiger partial charge is 0.303 e. The summed E-state index contributed by atoms with van der Waals surface area (Å²) in [6.07, 6.45) is 21.6. The minimum absolute atomic E-state index is 0.229. The zero-order valence-electron chi connectivity index (χ0n) is 20.7. The molecule has 2 N–H and O–H groups in total. The molecule has 4 nitrogen and oxygen atoms in total. The van der Waals surface area contributed by atoms with E-state index in [1.54, 1.807) is 0 Å². The van der Waals surface area contributed by atoms with Crippen LogP contribution in [0.15, 0.2) is 0 Å². The molecule has 0 aromatic carbocycles. The van der Waals surface area contributed by atoms with Gasteiger partial charge in [-0.25, -0.2) is 0 Å². The Balaban J connectivity index is 3.62. The summed E-state index contributed by atoms with van der Waals surface area (Å²) < 4.78 is 0.795. The second-order valence-corrected chi connectivity index (χ2v) is 9.79. The number of carboxylic acid groups (broad SMARTS) is 1. The topological polar surface area (TPSA) is 57.5 Å². The molecule has 0 amide bonds. The Bertz CT molecular complexity index is 388. The van der Waals surface area contributed by atoms with Crippen molar-refractivity contribution in [2.24, 2.45) is 0 Å². The highest BCUT2D eigenvalue weighted by atomic mass is 16.4. The average molecular weight is 429 g/mol. The van der Waals surface area contributed by atoms with Crippen molar-refractivity contribution < 1.29 is 19.5 Å². The zero-order chi connectivity index (χ0) is 22.5. The predicted molar refractivity (Wildman–Crippen MR) is 129 cm³/mol. The molecule has 0 aliphatic carbocycles. The molecule has 0 radical (unpaired) electrons. The second-order valence-electron chi connectivity index (χ2n) is 9.79. The molecule has 0 aromatic heterocycles. The Hall–Kier alpha value is -0.610. The average Bonchev–Trinajstić information content (AvgIpc) is 2.68. The van der Waals surface area contributed by atoms with Crippen molar-refractivity contribution in [1.29, 1.82) is 0 Å². The lowest BCUT2D eigenvalue weighted by atomic mass is 10.0. The molecule has 0 aromatic rings. The summed E-state index contributed by atoms with van der Waals surface area (Å²) in [5.41, 5.74) is 0. The fourth-order valence-electron chi connectivity index (χ4n) is 4.62. The van der Waals surface area contributed by atoms with E-state index in [1.807, 2.05) is 0 Å². The predicted octanol–water partition coefficient (Wildman–Crippen LogP) is 6.94. The lowest BCUT2D eigenvalue weighted by molar-refractivity contribution is -0.912. The van der Waals surface area contributed by atoms with Crippen LogP contribution in [-0.4, -0.2) is 53.5 Å². The number of unbranched alkanes of at least 4 members (excludes halogenated alkanes) is 13. The van der Waals surface area contributed by atoms with Gasteiger partial charge in [0.05, 0.1) is 26.6 Å². The van der Waals surface area contributed by atoms with Gasteiger partial charge in [0.2, 0.25) is 0 Å². The van der Waals surface area contributed by atoms with E-state index in [0.29, 0.717) is 6.42 Å². The first-order chi connectivity index (χ1) is 14.4. The number of aliphatic hydroxyl groups excluding tert-OH is 1. The SMILES string of the molecule is CCCCCCCCCCCCCCCCC(O)C[N+](C)(CCC)CCCC(=O)O. The van der Waals surface area contributed by atoms with Gasteiger partial charge in [0, 0.05) is 6.42 Å². The van der Waals surface area contributed by atoms with E-state index in [2.05, 4.69) is 20.9 Å². The van der Waals surface area contributed by atoms with Crippen LogP contribution in [0.3, 0.4) is 0 Å². The minimum Gasteiger partial charge on any atom is -0.481 e. The number of quaternary nitrogens is 1. The Labute approximate surface area is 188 Å². The largest absolute Gasteiger partial charge is 0.481 e. The van der Waals surface area contributed by atoms with E-state index in [-0.39, 0.29) is 12.5 Å². The van der Waals surface area contributed by atoms with E-state index in [4.69, 9.17) is 5.11 Å². The molecule has 0 fully saturated rings. The molecule has 0 spiro atoms. The van der Waals surface area contributed by atoms with Crippen molar-refractivity contribution in [2.45, 2.75) is 136 Å². The van der Waals surface area contributed by atoms with Gasteiger partial charge in [-0.3, -0.25) is 4.79 Å². The van der Waals surface area contributed by atoms with Crippen molar-refractivity contribution in [3.8, 4) is 0 Å². The monoisotopic (exact) mass is 428 g/mol. The number of aliphatic hydroxyl groups is 1. The molecule has 180 valence electrons. The fourth-order valence-corrected chi connectivity index (χ4v) is 4.62. The summed E-state index contributed by atoms with van der Waals surface area (Å²) >= 11 is 0. The summed E-state index contributed by atoms with van der Waals surface area (Å²) in [5.74, 6) is -0.721. The van der Waals surface area contributed by atoms with Crippen molar-refractivity contribution in [1.82, 2.24) is 0 Å². The fraction of sp³-hybridized carbons (Fsp3) is 0.962. The van der Waals surface area contributed by atoms with E-state index < -0.39 is 5.97 Å². The van der Waals surface area contributed by atoms with Crippen molar-refractivity contribution in [2.75, 3.05) is 26.7 Å². The van der Waals surface area contributed by atoms with E-state index in [9.17, 15) is 9.90 Å². The van der Waals surface area contributed by atoms with Crippen LogP contribution in [-0.2, 0) is 4.79 Å². The normalized spacial score (nSPS) is 14.5. The van der Waals surface area contributed by atoms with Crippen molar-refractivity contribution in [3.63, 3.8) is 0 Å². The number of hydrogen-bond donors (Lipinski definition) is 2. The van der Waals surface area contributed by atoms with Crippen LogP contribution in [0.4, 0.5) is 0 Å². The molecule has 4 heteroatoms. The second kappa shape index (κ2) is 20.3. The van der Waals surface area contributed by atoms with Crippen LogP contribution in [0, 0.1) is 0 Å². The van der Waals surface area contributed by atoms with Gasteiger partial charge in [0.1, 0.15) is 12.6 Å². The highest BCUT2D eigenvalue weighted by Gasteiger charge is 2.24. The number of rotatable bonds is 23. The maximum atomic E-state index is 10.8. The van der Waals surface area contributed by atoms with E-state index >= 15 is 0 Å². The van der Waals surface area contributed by atoms with Gasteiger partial charge < -0.3 is 14.7 Å². The maximum Gasteiger partial charge on any atom is 0.303 e. The highest BCUT2D eigenvalue weighted by Crippen LogP contribution is 2.15. The van der Waals surface area contributed by atoms with Crippen LogP contribution >= 0.6 is 0 Å². The molecule has 0 heterocycles. The molecular formula is C26H54NO3+. The van der Waals surface area contributed by atoms with E-state index in [0.717, 1.165) is 43.4 Å². The molecule has 0 bridgehead atoms. The standard InChI is InChI=1S/C26H53NO3/c1-4-6-7-8-9-10-11-12-13-14-15-16-17-18-20-25(28)24-27(3,22-5-2)23-19-21-26(29)30/h25,28H,4-24H2,1-3H3/p+1. The first-order valence-electron chi connectivity index (χ1n) is 13.2. The third kappa shape index (κ3) is 19.4. The van der Waals surface area contributed by atoms with Gasteiger partial charge >= 0.3 is 5.97 Å². The first-order valence-corrected chi connectivity index (χ1v) is 13.2. The quantitative estimate of drug-likeness (QED) is 0.137. The zero-order valence-corrected chi connectivity index (χ0v) is 20.7. The Morgan fingerprint density at radius 3 is 1.60 bits per heavy atom. The third-order valence-corrected chi connectivity index (χ3v) is 6.39. The molecular weight excluding hydrogens is 374 g/mol. The van der Waals surface area contributed by atoms with Crippen molar-refractivity contribution >= 4 is 5.97 Å². The maximum absolute atomic E-state index is 10.8. The van der Waals surface area contributed by atoms with Gasteiger partial charge in [-0.15, -0.1) is 0 Å². The molecule has 30 heavy (non-hydrogen) atoms. The summed E-state index contributed by atoms with van der Waals surface area (Å²) in [7, 11) is 2.17. The molecule has 0 saturated heterocycles. The Morgan fingerprint density at radius 2 is 1.17 bits per heavy atom. The summed E-state index contributed by atoms with van der Waals surface area (Å²) in [6, 6.07) is 0. The van der Waals surface area contributed by atoms with Crippen molar-refractivity contribution in [3.05, 3.63) is 0 Å². The van der Waals surface area contributed by atoms with Crippen LogP contribution in [0.1, 0.15) is 129 Å². The third-order valence-electron chi connectivity index (χ3n) is 6.39. The number of aliphatic carboxylic acids is 1. The molecule has 0 saturated carbocycles. The summed E-state index contributed by atoms with van der Waals surface area (Å²) in [5, 5.41) is 19.3. The molecule has 0 aliphatic rings. The number of carbonyl (C=O) groups is 1. The summed E-state index contributed by atoms with van der Waals surface area (Å²) in [4.78, 5) is 10.8. The number of hydrogen-bond acceptors (Lipinski definition) is 2. The number of likely N-dealkylation sites (N-methyl/N-ethyl adjacent to an activating group) is 1. The van der Waals surface area contributed by atoms with Crippen LogP contribution in [0.5, 0.6) is 0 Å². The molecule has 0 rings (SSSR count). The van der Waals surface area contributed by atoms with Crippen LogP contribution in [0.25, 0.3) is 0 Å². The van der Waals surface area contributed by atoms with Crippen LogP contribution < -0.4 is 0 Å². The van der Waals surface area contributed by atoms with E-state index in [1.165, 1.54) is 83.5 Å². The molecule has 2 atom stereocenters. The van der Waals surface area contributed by atoms with Gasteiger partial charge in [-0.1, -0.05) is 104 Å². The lowest BCUT2D eigenvalue weighted by Crippen LogP contribution is -2.50. The van der Waals surface area contributed by atoms with Gasteiger partial charge in [0.25, 0.3) is 0 Å².